The van der Waals surface area contributed by atoms with Crippen molar-refractivity contribution in [2.45, 2.75) is 115 Å². The van der Waals surface area contributed by atoms with E-state index in [2.05, 4.69) is 44.4 Å². The first kappa shape index (κ1) is 20.0. The van der Waals surface area contributed by atoms with Crippen LogP contribution in [0.3, 0.4) is 0 Å². The van der Waals surface area contributed by atoms with E-state index >= 15 is 0 Å². The van der Waals surface area contributed by atoms with Crippen molar-refractivity contribution < 1.29 is 0 Å². The molecule has 2 aliphatic carbocycles. The van der Waals surface area contributed by atoms with Crippen molar-refractivity contribution >= 4 is 8.80 Å². The summed E-state index contributed by atoms with van der Waals surface area (Å²) in [6.45, 7) is 9.73. The maximum absolute atomic E-state index is 4.19. The van der Waals surface area contributed by atoms with Gasteiger partial charge in [-0.15, -0.1) is 0 Å². The van der Waals surface area contributed by atoms with Gasteiger partial charge < -0.3 is 5.32 Å². The molecule has 1 nitrogen and oxygen atoms in total. The van der Waals surface area contributed by atoms with Crippen LogP contribution >= 0.6 is 0 Å². The molecule has 2 heteroatoms. The van der Waals surface area contributed by atoms with E-state index in [0.29, 0.717) is 11.2 Å². The Kier molecular flexibility index (Phi) is 8.29. The van der Waals surface area contributed by atoms with Crippen LogP contribution in [-0.4, -0.2) is 20.0 Å². The highest BCUT2D eigenvalue weighted by Gasteiger charge is 2.35. The Labute approximate surface area is 153 Å². The number of allylic oxidation sites excluding steroid dienone is 2. The summed E-state index contributed by atoms with van der Waals surface area (Å²) in [7, 11) is -0.773. The van der Waals surface area contributed by atoms with E-state index in [-0.39, 0.29) is 0 Å². The Balaban J connectivity index is 2.08. The van der Waals surface area contributed by atoms with E-state index in [1.807, 2.05) is 0 Å². The maximum Gasteiger partial charge on any atom is 0.0545 e. The molecule has 0 aliphatic heterocycles. The van der Waals surface area contributed by atoms with Crippen molar-refractivity contribution in [2.75, 3.05) is 0 Å². The summed E-state index contributed by atoms with van der Waals surface area (Å²) in [5, 5.41) is 4.65. The second-order valence-electron chi connectivity index (χ2n) is 8.56. The van der Waals surface area contributed by atoms with Crippen LogP contribution in [0.4, 0.5) is 0 Å². The Bertz CT molecular complexity index is 423. The minimum atomic E-state index is -0.773. The number of hydrogen-bond donors (Lipinski definition) is 1. The molecule has 1 saturated carbocycles. The Morgan fingerprint density at radius 3 is 1.83 bits per heavy atom. The fourth-order valence-corrected chi connectivity index (χ4v) is 6.81. The second-order valence-corrected chi connectivity index (χ2v) is 12.0. The van der Waals surface area contributed by atoms with Crippen LogP contribution in [0.5, 0.6) is 0 Å². The lowest BCUT2D eigenvalue weighted by molar-refractivity contribution is 0.347. The Morgan fingerprint density at radius 1 is 0.917 bits per heavy atom. The molecule has 0 spiro atoms. The van der Waals surface area contributed by atoms with E-state index in [1.54, 1.807) is 5.57 Å². The van der Waals surface area contributed by atoms with Gasteiger partial charge in [-0.25, -0.2) is 0 Å². The molecule has 0 aromatic rings. The first-order valence-corrected chi connectivity index (χ1v) is 13.6. The zero-order chi connectivity index (χ0) is 17.4. The molecule has 1 atom stereocenters. The number of rotatable bonds is 4. The molecular weight excluding hydrogens is 306 g/mol. The van der Waals surface area contributed by atoms with Gasteiger partial charge in [0.2, 0.25) is 0 Å². The van der Waals surface area contributed by atoms with Crippen LogP contribution in [0.25, 0.3) is 0 Å². The lowest BCUT2D eigenvalue weighted by Crippen LogP contribution is -2.57. The SMILES string of the molecule is CCC1=CC(NC2([SiH](C)C)CCCCCCCCCCC2)C=C1C. The predicted octanol–water partition coefficient (Wildman–Crippen LogP) is 6.31. The minimum Gasteiger partial charge on any atom is -0.305 e. The highest BCUT2D eigenvalue weighted by atomic mass is 28.3. The normalized spacial score (nSPS) is 26.5. The third-order valence-corrected chi connectivity index (χ3v) is 9.46. The van der Waals surface area contributed by atoms with Gasteiger partial charge in [-0.1, -0.05) is 95.5 Å². The van der Waals surface area contributed by atoms with Gasteiger partial charge in [0.25, 0.3) is 0 Å². The van der Waals surface area contributed by atoms with Crippen molar-refractivity contribution in [2.24, 2.45) is 0 Å². The molecule has 2 rings (SSSR count). The van der Waals surface area contributed by atoms with Gasteiger partial charge in [0.05, 0.1) is 8.80 Å². The first-order valence-electron chi connectivity index (χ1n) is 10.7. The molecule has 0 aromatic heterocycles. The van der Waals surface area contributed by atoms with Crippen LogP contribution in [-0.2, 0) is 0 Å². The van der Waals surface area contributed by atoms with Crippen LogP contribution in [0.1, 0.15) is 90.9 Å². The predicted molar refractivity (Wildman–Crippen MR) is 111 cm³/mol. The van der Waals surface area contributed by atoms with Crippen molar-refractivity contribution in [1.29, 1.82) is 0 Å². The van der Waals surface area contributed by atoms with Gasteiger partial charge in [0, 0.05) is 11.2 Å². The quantitative estimate of drug-likeness (QED) is 0.587. The third kappa shape index (κ3) is 5.59. The molecule has 2 aliphatic rings. The number of nitrogens with one attached hydrogen (secondary N) is 1. The fourth-order valence-electron chi connectivity index (χ4n) is 4.72. The molecule has 1 unspecified atom stereocenters. The molecule has 0 radical (unpaired) electrons. The van der Waals surface area contributed by atoms with Crippen molar-refractivity contribution in [3.05, 3.63) is 23.3 Å². The monoisotopic (exact) mass is 347 g/mol. The van der Waals surface area contributed by atoms with Crippen molar-refractivity contribution in [3.8, 4) is 0 Å². The van der Waals surface area contributed by atoms with E-state index in [4.69, 9.17) is 0 Å². The Morgan fingerprint density at radius 2 is 1.42 bits per heavy atom. The zero-order valence-corrected chi connectivity index (χ0v) is 17.9. The van der Waals surface area contributed by atoms with Gasteiger partial charge in [0.1, 0.15) is 0 Å². The molecule has 1 N–H and O–H groups in total. The summed E-state index contributed by atoms with van der Waals surface area (Å²) >= 11 is 0. The zero-order valence-electron chi connectivity index (χ0n) is 16.8. The van der Waals surface area contributed by atoms with Gasteiger partial charge in [0.15, 0.2) is 0 Å². The average Bonchev–Trinajstić information content (AvgIpc) is 2.89. The highest BCUT2D eigenvalue weighted by Crippen LogP contribution is 2.30. The summed E-state index contributed by atoms with van der Waals surface area (Å²) in [5.74, 6) is 0. The van der Waals surface area contributed by atoms with Gasteiger partial charge in [-0.05, 0) is 31.8 Å². The molecule has 0 bridgehead atoms. The molecular formula is C22H41NSi. The summed E-state index contributed by atoms with van der Waals surface area (Å²) < 4.78 is 0. The summed E-state index contributed by atoms with van der Waals surface area (Å²) in [5.41, 5.74) is 3.06. The van der Waals surface area contributed by atoms with Crippen molar-refractivity contribution in [3.63, 3.8) is 0 Å². The molecule has 0 aromatic carbocycles. The van der Waals surface area contributed by atoms with Crippen LogP contribution < -0.4 is 5.32 Å². The lowest BCUT2D eigenvalue weighted by Gasteiger charge is -2.41. The molecule has 0 amide bonds. The summed E-state index contributed by atoms with van der Waals surface area (Å²) in [4.78, 5) is 0. The standard InChI is InChI=1S/C22H41NSi/c1-5-20-18-21(17-19(20)2)23-22(24(3)4)15-13-11-9-7-6-8-10-12-14-16-22/h17-18,21,23-24H,5-16H2,1-4H3. The van der Waals surface area contributed by atoms with E-state index in [0.717, 1.165) is 0 Å². The maximum atomic E-state index is 4.19. The third-order valence-electron chi connectivity index (χ3n) is 6.50. The van der Waals surface area contributed by atoms with Gasteiger partial charge in [-0.2, -0.15) is 0 Å². The average molecular weight is 348 g/mol. The fraction of sp³-hybridized carbons (Fsp3) is 0.818. The van der Waals surface area contributed by atoms with E-state index in [9.17, 15) is 0 Å². The van der Waals surface area contributed by atoms with Gasteiger partial charge in [-0.3, -0.25) is 0 Å². The van der Waals surface area contributed by atoms with Crippen molar-refractivity contribution in [1.82, 2.24) is 5.32 Å². The van der Waals surface area contributed by atoms with Crippen LogP contribution in [0.15, 0.2) is 23.3 Å². The molecule has 138 valence electrons. The molecule has 24 heavy (non-hydrogen) atoms. The highest BCUT2D eigenvalue weighted by molar-refractivity contribution is 6.59. The first-order chi connectivity index (χ1) is 11.6. The lowest BCUT2D eigenvalue weighted by atomic mass is 9.96. The van der Waals surface area contributed by atoms with E-state index < -0.39 is 8.80 Å². The van der Waals surface area contributed by atoms with Gasteiger partial charge >= 0.3 is 0 Å². The summed E-state index contributed by atoms with van der Waals surface area (Å²) in [6, 6.07) is 0.489. The van der Waals surface area contributed by atoms with Crippen LogP contribution in [0, 0.1) is 0 Å². The summed E-state index contributed by atoms with van der Waals surface area (Å²) in [6.07, 6.45) is 22.0. The smallest absolute Gasteiger partial charge is 0.0545 e. The largest absolute Gasteiger partial charge is 0.305 e. The Hall–Kier alpha value is -0.343. The van der Waals surface area contributed by atoms with Crippen LogP contribution in [0.2, 0.25) is 13.1 Å². The number of hydrogen-bond acceptors (Lipinski definition) is 1. The minimum absolute atomic E-state index is 0.459. The molecule has 0 saturated heterocycles. The molecule has 1 fully saturated rings. The van der Waals surface area contributed by atoms with E-state index in [1.165, 1.54) is 82.6 Å². The topological polar surface area (TPSA) is 12.0 Å². The second kappa shape index (κ2) is 9.96. The molecule has 0 heterocycles.